The van der Waals surface area contributed by atoms with Crippen molar-refractivity contribution in [3.05, 3.63) is 144 Å². The van der Waals surface area contributed by atoms with E-state index in [0.29, 0.717) is 25.1 Å². The summed E-state index contributed by atoms with van der Waals surface area (Å²) >= 11 is 1.72. The van der Waals surface area contributed by atoms with Crippen LogP contribution in [0.3, 0.4) is 0 Å². The van der Waals surface area contributed by atoms with E-state index in [9.17, 15) is 19.5 Å². The van der Waals surface area contributed by atoms with Crippen LogP contribution in [-0.4, -0.2) is 52.2 Å². The van der Waals surface area contributed by atoms with Crippen molar-refractivity contribution in [3.8, 4) is 0 Å². The lowest BCUT2D eigenvalue weighted by Gasteiger charge is -2.35. The second-order valence-electron chi connectivity index (χ2n) is 10.7. The predicted molar refractivity (Wildman–Crippen MR) is 171 cm³/mol. The number of aliphatic carboxylic acids is 1. The zero-order valence-corrected chi connectivity index (χ0v) is 24.8. The highest BCUT2D eigenvalue weighted by Crippen LogP contribution is 2.48. The van der Waals surface area contributed by atoms with Crippen molar-refractivity contribution in [2.75, 3.05) is 12.3 Å². The number of thioether (sulfide) groups is 1. The van der Waals surface area contributed by atoms with Gasteiger partial charge in [-0.2, -0.15) is 0 Å². The maximum absolute atomic E-state index is 13.6. The zero-order chi connectivity index (χ0) is 30.1. The fourth-order valence-corrected chi connectivity index (χ4v) is 7.35. The van der Waals surface area contributed by atoms with E-state index in [-0.39, 0.29) is 18.7 Å². The molecule has 1 aliphatic heterocycles. The molecule has 2 atom stereocenters. The summed E-state index contributed by atoms with van der Waals surface area (Å²) in [6.45, 7) is 0.485. The summed E-state index contributed by atoms with van der Waals surface area (Å²) in [7, 11) is 0. The lowest BCUT2D eigenvalue weighted by Crippen LogP contribution is -2.51. The van der Waals surface area contributed by atoms with Crippen molar-refractivity contribution >= 4 is 29.5 Å². The number of benzene rings is 4. The van der Waals surface area contributed by atoms with Crippen LogP contribution in [0.15, 0.2) is 121 Å². The number of carbonyl (C=O) groups excluding carboxylic acids is 2. The summed E-state index contributed by atoms with van der Waals surface area (Å²) in [4.78, 5) is 40.5. The van der Waals surface area contributed by atoms with Gasteiger partial charge < -0.3 is 15.3 Å². The largest absolute Gasteiger partial charge is 0.480 e. The van der Waals surface area contributed by atoms with Gasteiger partial charge in [-0.25, -0.2) is 4.79 Å². The predicted octanol–water partition coefficient (Wildman–Crippen LogP) is 5.90. The fraction of sp³-hybridized carbons (Fsp3) is 0.250. The molecule has 2 amide bonds. The molecule has 1 aliphatic rings. The molecular formula is C36H36N2O4S. The minimum Gasteiger partial charge on any atom is -0.480 e. The van der Waals surface area contributed by atoms with E-state index < -0.39 is 28.7 Å². The highest BCUT2D eigenvalue weighted by atomic mass is 32.2. The van der Waals surface area contributed by atoms with E-state index in [1.165, 1.54) is 0 Å². The van der Waals surface area contributed by atoms with E-state index in [0.717, 1.165) is 22.3 Å². The third-order valence-corrected chi connectivity index (χ3v) is 9.50. The molecule has 6 nitrogen and oxygen atoms in total. The van der Waals surface area contributed by atoms with Gasteiger partial charge >= 0.3 is 5.97 Å². The lowest BCUT2D eigenvalue weighted by molar-refractivity contribution is -0.143. The maximum Gasteiger partial charge on any atom is 0.326 e. The van der Waals surface area contributed by atoms with Crippen molar-refractivity contribution in [3.63, 3.8) is 0 Å². The van der Waals surface area contributed by atoms with Crippen LogP contribution in [0.5, 0.6) is 0 Å². The molecule has 5 rings (SSSR count). The van der Waals surface area contributed by atoms with E-state index in [2.05, 4.69) is 41.7 Å². The fourth-order valence-electron chi connectivity index (χ4n) is 5.86. The Labute approximate surface area is 257 Å². The number of rotatable bonds is 12. The number of hydrogen-bond donors (Lipinski definition) is 2. The SMILES string of the molecule is O=C(O)[C@H](Cc1ccccc1)NC(=O)[C@@H]1CCCN1C(=O)CCSC(c1ccccc1)(c1ccccc1)c1ccccc1. The Morgan fingerprint density at radius 3 is 1.77 bits per heavy atom. The van der Waals surface area contributed by atoms with Crippen LogP contribution in [0, 0.1) is 0 Å². The summed E-state index contributed by atoms with van der Waals surface area (Å²) in [6.07, 6.45) is 1.66. The molecular weight excluding hydrogens is 556 g/mol. The van der Waals surface area contributed by atoms with Crippen LogP contribution >= 0.6 is 11.8 Å². The van der Waals surface area contributed by atoms with E-state index >= 15 is 0 Å². The van der Waals surface area contributed by atoms with Gasteiger partial charge in [-0.05, 0) is 35.1 Å². The van der Waals surface area contributed by atoms with Gasteiger partial charge in [0.2, 0.25) is 11.8 Å². The number of carboxylic acids is 1. The first-order chi connectivity index (χ1) is 21.0. The monoisotopic (exact) mass is 592 g/mol. The summed E-state index contributed by atoms with van der Waals surface area (Å²) < 4.78 is -0.530. The van der Waals surface area contributed by atoms with Crippen molar-refractivity contribution in [2.24, 2.45) is 0 Å². The smallest absolute Gasteiger partial charge is 0.326 e. The average Bonchev–Trinajstić information content (AvgIpc) is 3.55. The molecule has 0 unspecified atom stereocenters. The molecule has 4 aromatic carbocycles. The van der Waals surface area contributed by atoms with Crippen LogP contribution in [0.1, 0.15) is 41.5 Å². The molecule has 0 saturated carbocycles. The molecule has 0 spiro atoms. The number of amides is 2. The van der Waals surface area contributed by atoms with Gasteiger partial charge in [-0.15, -0.1) is 11.8 Å². The highest BCUT2D eigenvalue weighted by Gasteiger charge is 2.39. The van der Waals surface area contributed by atoms with Crippen molar-refractivity contribution in [1.29, 1.82) is 0 Å². The highest BCUT2D eigenvalue weighted by molar-refractivity contribution is 8.00. The Kier molecular flexibility index (Phi) is 9.95. The summed E-state index contributed by atoms with van der Waals surface area (Å²) in [5.74, 6) is -1.06. The number of nitrogens with one attached hydrogen (secondary N) is 1. The summed E-state index contributed by atoms with van der Waals surface area (Å²) in [6, 6.07) is 38.5. The third-order valence-electron chi connectivity index (χ3n) is 7.95. The van der Waals surface area contributed by atoms with Gasteiger partial charge in [0.15, 0.2) is 0 Å². The number of carbonyl (C=O) groups is 3. The van der Waals surface area contributed by atoms with Crippen LogP contribution < -0.4 is 5.32 Å². The minimum absolute atomic E-state index is 0.0943. The number of carboxylic acid groups (broad SMARTS) is 1. The molecule has 0 aliphatic carbocycles. The standard InChI is InChI=1S/C36H36N2O4S/c39-33(38-24-13-22-32(38)34(40)37-31(35(41)42)26-27-14-5-1-6-15-27)23-25-43-36(28-16-7-2-8-17-28,29-18-9-3-10-19-29)30-20-11-4-12-21-30/h1-12,14-21,31-32H,13,22-26H2,(H,37,40)(H,41,42)/t31-,32-/m0/s1. The summed E-state index contributed by atoms with van der Waals surface area (Å²) in [5.41, 5.74) is 4.20. The van der Waals surface area contributed by atoms with Gasteiger partial charge in [0.25, 0.3) is 0 Å². The lowest BCUT2D eigenvalue weighted by atomic mass is 9.84. The van der Waals surface area contributed by atoms with Gasteiger partial charge in [0.1, 0.15) is 12.1 Å². The van der Waals surface area contributed by atoms with Gasteiger partial charge in [-0.1, -0.05) is 121 Å². The van der Waals surface area contributed by atoms with Crippen LogP contribution in [-0.2, 0) is 25.6 Å². The molecule has 1 fully saturated rings. The van der Waals surface area contributed by atoms with Crippen LogP contribution in [0.25, 0.3) is 0 Å². The minimum atomic E-state index is -1.09. The normalized spacial score (nSPS) is 15.5. The van der Waals surface area contributed by atoms with Crippen LogP contribution in [0.2, 0.25) is 0 Å². The van der Waals surface area contributed by atoms with E-state index in [1.54, 1.807) is 16.7 Å². The molecule has 220 valence electrons. The quantitative estimate of drug-likeness (QED) is 0.200. The first-order valence-corrected chi connectivity index (χ1v) is 15.6. The molecule has 4 aromatic rings. The van der Waals surface area contributed by atoms with Crippen molar-refractivity contribution in [1.82, 2.24) is 10.2 Å². The Morgan fingerprint density at radius 2 is 1.28 bits per heavy atom. The Hall–Kier alpha value is -4.36. The van der Waals surface area contributed by atoms with Gasteiger partial charge in [0.05, 0.1) is 4.75 Å². The first kappa shape index (κ1) is 30.1. The molecule has 43 heavy (non-hydrogen) atoms. The Morgan fingerprint density at radius 1 is 0.791 bits per heavy atom. The third kappa shape index (κ3) is 7.00. The molecule has 7 heteroatoms. The molecule has 0 bridgehead atoms. The van der Waals surface area contributed by atoms with Crippen molar-refractivity contribution < 1.29 is 19.5 Å². The second kappa shape index (κ2) is 14.2. The van der Waals surface area contributed by atoms with Crippen LogP contribution in [0.4, 0.5) is 0 Å². The van der Waals surface area contributed by atoms with E-state index in [1.807, 2.05) is 84.9 Å². The number of nitrogens with zero attached hydrogens (tertiary/aromatic N) is 1. The zero-order valence-electron chi connectivity index (χ0n) is 24.0. The molecule has 1 heterocycles. The second-order valence-corrected chi connectivity index (χ2v) is 12.0. The number of hydrogen-bond acceptors (Lipinski definition) is 4. The summed E-state index contributed by atoms with van der Waals surface area (Å²) in [5, 5.41) is 12.5. The molecule has 1 saturated heterocycles. The molecule has 0 radical (unpaired) electrons. The topological polar surface area (TPSA) is 86.7 Å². The average molecular weight is 593 g/mol. The number of likely N-dealkylation sites (tertiary alicyclic amines) is 1. The van der Waals surface area contributed by atoms with Crippen molar-refractivity contribution in [2.45, 2.75) is 42.5 Å². The maximum atomic E-state index is 13.6. The molecule has 2 N–H and O–H groups in total. The first-order valence-electron chi connectivity index (χ1n) is 14.7. The Bertz CT molecular complexity index is 1400. The van der Waals surface area contributed by atoms with Gasteiger partial charge in [-0.3, -0.25) is 9.59 Å². The van der Waals surface area contributed by atoms with E-state index in [4.69, 9.17) is 0 Å². The Balaban J connectivity index is 1.31. The molecule has 0 aromatic heterocycles. The van der Waals surface area contributed by atoms with Gasteiger partial charge in [0, 0.05) is 25.1 Å².